The number of nitrogens with zero attached hydrogens (tertiary/aromatic N) is 3. The smallest absolute Gasteiger partial charge is 0.223 e. The first kappa shape index (κ1) is 11.1. The molecule has 0 bridgehead atoms. The van der Waals surface area contributed by atoms with Gasteiger partial charge in [-0.05, 0) is 26.8 Å². The molecule has 1 aliphatic rings. The lowest BCUT2D eigenvalue weighted by Gasteiger charge is -2.29. The van der Waals surface area contributed by atoms with Crippen molar-refractivity contribution in [2.75, 3.05) is 25.9 Å². The molecule has 1 saturated heterocycles. The Morgan fingerprint density at radius 2 is 2.12 bits per heavy atom. The number of hydrogen-bond donors (Lipinski definition) is 1. The number of aryl methyl sites for hydroxylation is 1. The van der Waals surface area contributed by atoms with Crippen LogP contribution in [0.25, 0.3) is 0 Å². The maximum Gasteiger partial charge on any atom is 0.223 e. The summed E-state index contributed by atoms with van der Waals surface area (Å²) in [6.07, 6.45) is 4.04. The van der Waals surface area contributed by atoms with Gasteiger partial charge in [-0.15, -0.1) is 0 Å². The summed E-state index contributed by atoms with van der Waals surface area (Å²) in [5.41, 5.74) is 6.48. The summed E-state index contributed by atoms with van der Waals surface area (Å²) in [4.78, 5) is 10.3. The molecule has 2 heterocycles. The largest absolute Gasteiger partial charge is 0.474 e. The van der Waals surface area contributed by atoms with Crippen LogP contribution in [0.2, 0.25) is 0 Å². The summed E-state index contributed by atoms with van der Waals surface area (Å²) in [6, 6.07) is 0. The van der Waals surface area contributed by atoms with Gasteiger partial charge in [0.05, 0.1) is 0 Å². The Hall–Kier alpha value is -1.36. The number of nitrogen functional groups attached to an aromatic ring is 1. The van der Waals surface area contributed by atoms with E-state index < -0.39 is 0 Å². The Morgan fingerprint density at radius 3 is 2.81 bits per heavy atom. The highest BCUT2D eigenvalue weighted by Crippen LogP contribution is 2.20. The van der Waals surface area contributed by atoms with Gasteiger partial charge in [0.1, 0.15) is 6.10 Å². The van der Waals surface area contributed by atoms with Crippen LogP contribution in [0.4, 0.5) is 5.95 Å². The van der Waals surface area contributed by atoms with Gasteiger partial charge in [0.2, 0.25) is 11.8 Å². The van der Waals surface area contributed by atoms with E-state index in [1.807, 2.05) is 6.92 Å². The summed E-state index contributed by atoms with van der Waals surface area (Å²) < 4.78 is 5.86. The highest BCUT2D eigenvalue weighted by molar-refractivity contribution is 5.28. The molecule has 2 N–H and O–H groups in total. The van der Waals surface area contributed by atoms with Crippen LogP contribution >= 0.6 is 0 Å². The number of aromatic nitrogens is 2. The van der Waals surface area contributed by atoms with Gasteiger partial charge in [-0.3, -0.25) is 0 Å². The minimum atomic E-state index is 0.254. The highest BCUT2D eigenvalue weighted by atomic mass is 16.5. The van der Waals surface area contributed by atoms with E-state index in [9.17, 15) is 0 Å². The first-order valence-electron chi connectivity index (χ1n) is 5.59. The minimum absolute atomic E-state index is 0.254. The molecule has 1 aliphatic heterocycles. The molecule has 0 atom stereocenters. The van der Waals surface area contributed by atoms with Crippen LogP contribution in [-0.2, 0) is 0 Å². The van der Waals surface area contributed by atoms with Crippen molar-refractivity contribution >= 4 is 5.95 Å². The van der Waals surface area contributed by atoms with E-state index in [0.29, 0.717) is 5.88 Å². The molecular formula is C11H18N4O. The number of hydrogen-bond acceptors (Lipinski definition) is 5. The monoisotopic (exact) mass is 222 g/mol. The Morgan fingerprint density at radius 1 is 1.44 bits per heavy atom. The van der Waals surface area contributed by atoms with Gasteiger partial charge in [0.15, 0.2) is 0 Å². The first-order chi connectivity index (χ1) is 7.65. The number of nitrogens with two attached hydrogens (primary N) is 1. The topological polar surface area (TPSA) is 64.3 Å². The molecule has 0 amide bonds. The van der Waals surface area contributed by atoms with Gasteiger partial charge in [0, 0.05) is 24.8 Å². The van der Waals surface area contributed by atoms with Crippen LogP contribution in [0.1, 0.15) is 18.4 Å². The van der Waals surface area contributed by atoms with Crippen molar-refractivity contribution in [2.24, 2.45) is 0 Å². The van der Waals surface area contributed by atoms with Gasteiger partial charge >= 0.3 is 0 Å². The molecule has 1 fully saturated rings. The van der Waals surface area contributed by atoms with Gasteiger partial charge in [-0.2, -0.15) is 4.98 Å². The number of piperidine rings is 1. The van der Waals surface area contributed by atoms with E-state index in [4.69, 9.17) is 10.5 Å². The predicted octanol–water partition coefficient (Wildman–Crippen LogP) is 0.840. The molecule has 1 aromatic heterocycles. The van der Waals surface area contributed by atoms with Crippen LogP contribution in [0.15, 0.2) is 6.20 Å². The van der Waals surface area contributed by atoms with Crippen LogP contribution in [0.3, 0.4) is 0 Å². The van der Waals surface area contributed by atoms with E-state index in [2.05, 4.69) is 21.9 Å². The fourth-order valence-electron chi connectivity index (χ4n) is 1.82. The molecule has 88 valence electrons. The molecule has 0 aromatic carbocycles. The van der Waals surface area contributed by atoms with Crippen molar-refractivity contribution in [1.82, 2.24) is 14.9 Å². The Labute approximate surface area is 95.6 Å². The zero-order chi connectivity index (χ0) is 11.5. The quantitative estimate of drug-likeness (QED) is 0.803. The molecule has 5 heteroatoms. The van der Waals surface area contributed by atoms with E-state index >= 15 is 0 Å². The zero-order valence-electron chi connectivity index (χ0n) is 9.81. The van der Waals surface area contributed by atoms with Crippen molar-refractivity contribution in [3.05, 3.63) is 11.8 Å². The van der Waals surface area contributed by atoms with Crippen molar-refractivity contribution < 1.29 is 4.74 Å². The molecule has 5 nitrogen and oxygen atoms in total. The van der Waals surface area contributed by atoms with E-state index in [0.717, 1.165) is 31.5 Å². The van der Waals surface area contributed by atoms with E-state index in [-0.39, 0.29) is 12.1 Å². The second-order valence-corrected chi connectivity index (χ2v) is 4.34. The second kappa shape index (κ2) is 4.65. The van der Waals surface area contributed by atoms with Crippen molar-refractivity contribution in [2.45, 2.75) is 25.9 Å². The zero-order valence-corrected chi connectivity index (χ0v) is 9.81. The molecule has 0 unspecified atom stereocenters. The first-order valence-corrected chi connectivity index (χ1v) is 5.59. The minimum Gasteiger partial charge on any atom is -0.474 e. The fraction of sp³-hybridized carbons (Fsp3) is 0.636. The van der Waals surface area contributed by atoms with E-state index in [1.54, 1.807) is 6.20 Å². The Bertz CT molecular complexity index is 361. The highest BCUT2D eigenvalue weighted by Gasteiger charge is 2.19. The van der Waals surface area contributed by atoms with Crippen LogP contribution in [0.5, 0.6) is 5.88 Å². The molecule has 0 spiro atoms. The van der Waals surface area contributed by atoms with Gasteiger partial charge in [0.25, 0.3) is 0 Å². The molecule has 2 rings (SSSR count). The second-order valence-electron chi connectivity index (χ2n) is 4.34. The summed E-state index contributed by atoms with van der Waals surface area (Å²) in [7, 11) is 2.13. The number of ether oxygens (including phenoxy) is 1. The fourth-order valence-corrected chi connectivity index (χ4v) is 1.82. The average molecular weight is 222 g/mol. The molecule has 16 heavy (non-hydrogen) atoms. The third-order valence-corrected chi connectivity index (χ3v) is 2.89. The number of likely N-dealkylation sites (tertiary alicyclic amines) is 1. The van der Waals surface area contributed by atoms with Crippen LogP contribution in [-0.4, -0.2) is 41.1 Å². The summed E-state index contributed by atoms with van der Waals surface area (Å²) in [6.45, 7) is 4.08. The lowest BCUT2D eigenvalue weighted by Crippen LogP contribution is -2.35. The van der Waals surface area contributed by atoms with Crippen molar-refractivity contribution in [3.63, 3.8) is 0 Å². The standard InChI is InChI=1S/C11H18N4O/c1-8-7-13-11(12)14-10(8)16-9-3-5-15(2)6-4-9/h7,9H,3-6H2,1-2H3,(H2,12,13,14). The van der Waals surface area contributed by atoms with E-state index in [1.165, 1.54) is 0 Å². The Balaban J connectivity index is 2.00. The summed E-state index contributed by atoms with van der Waals surface area (Å²) >= 11 is 0. The molecular weight excluding hydrogens is 204 g/mol. The average Bonchev–Trinajstić information content (AvgIpc) is 2.27. The molecule has 0 radical (unpaired) electrons. The SMILES string of the molecule is Cc1cnc(N)nc1OC1CCN(C)CC1. The summed E-state index contributed by atoms with van der Waals surface area (Å²) in [5, 5.41) is 0. The van der Waals surface area contributed by atoms with Crippen molar-refractivity contribution in [3.8, 4) is 5.88 Å². The third kappa shape index (κ3) is 2.61. The number of anilines is 1. The molecule has 0 aliphatic carbocycles. The maximum atomic E-state index is 5.86. The third-order valence-electron chi connectivity index (χ3n) is 2.89. The molecule has 1 aromatic rings. The van der Waals surface area contributed by atoms with Gasteiger partial charge in [-0.1, -0.05) is 0 Å². The van der Waals surface area contributed by atoms with Gasteiger partial charge in [-0.25, -0.2) is 4.98 Å². The maximum absolute atomic E-state index is 5.86. The lowest BCUT2D eigenvalue weighted by atomic mass is 10.1. The lowest BCUT2D eigenvalue weighted by molar-refractivity contribution is 0.109. The Kier molecular flexibility index (Phi) is 3.24. The predicted molar refractivity (Wildman–Crippen MR) is 62.3 cm³/mol. The van der Waals surface area contributed by atoms with Gasteiger partial charge < -0.3 is 15.4 Å². The molecule has 0 saturated carbocycles. The van der Waals surface area contributed by atoms with Crippen LogP contribution in [0, 0.1) is 6.92 Å². The number of rotatable bonds is 2. The van der Waals surface area contributed by atoms with Crippen molar-refractivity contribution in [1.29, 1.82) is 0 Å². The normalized spacial score (nSPS) is 18.6. The summed E-state index contributed by atoms with van der Waals surface area (Å²) in [5.74, 6) is 0.899. The van der Waals surface area contributed by atoms with Crippen LogP contribution < -0.4 is 10.5 Å².